The molecule has 2 aromatic rings. The van der Waals surface area contributed by atoms with Crippen LogP contribution in [0.4, 0.5) is 14.5 Å². The number of esters is 1. The fourth-order valence-corrected chi connectivity index (χ4v) is 1.76. The fraction of sp³-hybridized carbons (Fsp3) is 0.125. The van der Waals surface area contributed by atoms with Crippen LogP contribution < -0.4 is 14.8 Å². The minimum atomic E-state index is -2.90. The Morgan fingerprint density at radius 3 is 2.04 bits per heavy atom. The van der Waals surface area contributed by atoms with E-state index >= 15 is 0 Å². The third kappa shape index (κ3) is 5.06. The van der Waals surface area contributed by atoms with Crippen LogP contribution in [-0.4, -0.2) is 18.5 Å². The molecule has 0 atom stereocenters. The van der Waals surface area contributed by atoms with Crippen LogP contribution in [0.3, 0.4) is 0 Å². The maximum atomic E-state index is 12.0. The standard InChI is InChI=1S/C16H13F2NO4/c1-10(20)22-13-6-2-11(3-7-13)15(21)19-12-4-8-14(9-5-12)23-16(17)18/h2-9,16H,1H3,(H,19,21). The van der Waals surface area contributed by atoms with E-state index in [9.17, 15) is 18.4 Å². The van der Waals surface area contributed by atoms with Crippen molar-refractivity contribution in [3.8, 4) is 11.5 Å². The van der Waals surface area contributed by atoms with Crippen LogP contribution in [0.2, 0.25) is 0 Å². The highest BCUT2D eigenvalue weighted by Gasteiger charge is 2.08. The summed E-state index contributed by atoms with van der Waals surface area (Å²) < 4.78 is 33.2. The van der Waals surface area contributed by atoms with Gasteiger partial charge in [-0.25, -0.2) is 0 Å². The molecule has 0 heterocycles. The predicted octanol–water partition coefficient (Wildman–Crippen LogP) is 3.47. The van der Waals surface area contributed by atoms with E-state index in [0.717, 1.165) is 0 Å². The van der Waals surface area contributed by atoms with E-state index < -0.39 is 12.6 Å². The third-order valence-corrected chi connectivity index (χ3v) is 2.72. The molecule has 0 bridgehead atoms. The van der Waals surface area contributed by atoms with Crippen molar-refractivity contribution in [2.75, 3.05) is 5.32 Å². The molecule has 1 N–H and O–H groups in total. The maximum absolute atomic E-state index is 12.0. The number of hydrogen-bond donors (Lipinski definition) is 1. The van der Waals surface area contributed by atoms with Crippen molar-refractivity contribution < 1.29 is 27.8 Å². The van der Waals surface area contributed by atoms with Gasteiger partial charge in [-0.3, -0.25) is 9.59 Å². The Morgan fingerprint density at radius 2 is 1.52 bits per heavy atom. The Kier molecular flexibility index (Phi) is 5.24. The second-order valence-electron chi connectivity index (χ2n) is 4.48. The third-order valence-electron chi connectivity index (χ3n) is 2.72. The van der Waals surface area contributed by atoms with Crippen molar-refractivity contribution in [2.24, 2.45) is 0 Å². The zero-order chi connectivity index (χ0) is 16.8. The van der Waals surface area contributed by atoms with Crippen molar-refractivity contribution in [1.82, 2.24) is 0 Å². The number of ether oxygens (including phenoxy) is 2. The van der Waals surface area contributed by atoms with E-state index in [1.165, 1.54) is 55.5 Å². The largest absolute Gasteiger partial charge is 0.435 e. The molecular formula is C16H13F2NO4. The summed E-state index contributed by atoms with van der Waals surface area (Å²) in [6.07, 6.45) is 0. The highest BCUT2D eigenvalue weighted by Crippen LogP contribution is 2.19. The topological polar surface area (TPSA) is 64.6 Å². The molecule has 0 spiro atoms. The van der Waals surface area contributed by atoms with E-state index in [-0.39, 0.29) is 11.7 Å². The number of anilines is 1. The minimum absolute atomic E-state index is 0.00346. The fourth-order valence-electron chi connectivity index (χ4n) is 1.76. The number of alkyl halides is 2. The number of halogens is 2. The van der Waals surface area contributed by atoms with Gasteiger partial charge in [-0.15, -0.1) is 0 Å². The summed E-state index contributed by atoms with van der Waals surface area (Å²) in [7, 11) is 0. The molecule has 2 rings (SSSR count). The van der Waals surface area contributed by atoms with Crippen LogP contribution in [-0.2, 0) is 4.79 Å². The molecule has 0 unspecified atom stereocenters. The van der Waals surface area contributed by atoms with Crippen molar-refractivity contribution in [3.05, 3.63) is 54.1 Å². The van der Waals surface area contributed by atoms with E-state index in [1.807, 2.05) is 0 Å². The summed E-state index contributed by atoms with van der Waals surface area (Å²) >= 11 is 0. The molecule has 0 aromatic heterocycles. The quantitative estimate of drug-likeness (QED) is 0.676. The molecule has 0 aliphatic carbocycles. The van der Waals surface area contributed by atoms with Gasteiger partial charge in [-0.2, -0.15) is 8.78 Å². The molecular weight excluding hydrogens is 308 g/mol. The summed E-state index contributed by atoms with van der Waals surface area (Å²) in [5.74, 6) is -0.499. The molecule has 0 saturated carbocycles. The first-order valence-corrected chi connectivity index (χ1v) is 6.59. The Bertz CT molecular complexity index is 684. The van der Waals surface area contributed by atoms with Gasteiger partial charge in [0.05, 0.1) is 0 Å². The van der Waals surface area contributed by atoms with Crippen molar-refractivity contribution >= 4 is 17.6 Å². The molecule has 1 amide bonds. The number of carbonyl (C=O) groups excluding carboxylic acids is 2. The van der Waals surface area contributed by atoms with Gasteiger partial charge in [0.15, 0.2) is 0 Å². The second-order valence-corrected chi connectivity index (χ2v) is 4.48. The van der Waals surface area contributed by atoms with Crippen molar-refractivity contribution in [3.63, 3.8) is 0 Å². The van der Waals surface area contributed by atoms with E-state index in [1.54, 1.807) is 0 Å². The van der Waals surface area contributed by atoms with Gasteiger partial charge in [0, 0.05) is 18.2 Å². The van der Waals surface area contributed by atoms with E-state index in [4.69, 9.17) is 4.74 Å². The minimum Gasteiger partial charge on any atom is -0.435 e. The molecule has 7 heteroatoms. The molecule has 5 nitrogen and oxygen atoms in total. The number of hydrogen-bond acceptors (Lipinski definition) is 4. The molecule has 23 heavy (non-hydrogen) atoms. The summed E-state index contributed by atoms with van der Waals surface area (Å²) in [5.41, 5.74) is 0.787. The van der Waals surface area contributed by atoms with Crippen LogP contribution in [0, 0.1) is 0 Å². The first kappa shape index (κ1) is 16.4. The summed E-state index contributed by atoms with van der Waals surface area (Å²) in [6, 6.07) is 11.5. The Hall–Kier alpha value is -2.96. The molecule has 120 valence electrons. The highest BCUT2D eigenvalue weighted by molar-refractivity contribution is 6.04. The summed E-state index contributed by atoms with van der Waals surface area (Å²) in [4.78, 5) is 22.8. The smallest absolute Gasteiger partial charge is 0.387 e. The number of rotatable bonds is 5. The molecule has 0 radical (unpaired) electrons. The SMILES string of the molecule is CC(=O)Oc1ccc(C(=O)Nc2ccc(OC(F)F)cc2)cc1. The number of benzene rings is 2. The van der Waals surface area contributed by atoms with Crippen LogP contribution in [0.5, 0.6) is 11.5 Å². The van der Waals surface area contributed by atoms with Crippen molar-refractivity contribution in [2.45, 2.75) is 13.5 Å². The number of nitrogens with one attached hydrogen (secondary N) is 1. The predicted molar refractivity (Wildman–Crippen MR) is 78.8 cm³/mol. The molecule has 0 fully saturated rings. The Balaban J connectivity index is 1.99. The van der Waals surface area contributed by atoms with Gasteiger partial charge < -0.3 is 14.8 Å². The molecule has 0 aliphatic heterocycles. The van der Waals surface area contributed by atoms with E-state index in [0.29, 0.717) is 17.0 Å². The van der Waals surface area contributed by atoms with Gasteiger partial charge in [0.25, 0.3) is 5.91 Å². The monoisotopic (exact) mass is 321 g/mol. The highest BCUT2D eigenvalue weighted by atomic mass is 19.3. The Labute approximate surface area is 130 Å². The number of amides is 1. The lowest BCUT2D eigenvalue weighted by Gasteiger charge is -2.08. The van der Waals surface area contributed by atoms with E-state index in [2.05, 4.69) is 10.1 Å². The van der Waals surface area contributed by atoms with Crippen LogP contribution in [0.15, 0.2) is 48.5 Å². The van der Waals surface area contributed by atoms with Crippen LogP contribution >= 0.6 is 0 Å². The maximum Gasteiger partial charge on any atom is 0.387 e. The lowest BCUT2D eigenvalue weighted by atomic mass is 10.2. The first-order valence-electron chi connectivity index (χ1n) is 6.59. The van der Waals surface area contributed by atoms with Gasteiger partial charge in [0.1, 0.15) is 11.5 Å². The molecule has 0 saturated heterocycles. The van der Waals surface area contributed by atoms with Gasteiger partial charge in [-0.05, 0) is 48.5 Å². The summed E-state index contributed by atoms with van der Waals surface area (Å²) in [6.45, 7) is -1.62. The average Bonchev–Trinajstić information content (AvgIpc) is 2.49. The Morgan fingerprint density at radius 1 is 0.957 bits per heavy atom. The van der Waals surface area contributed by atoms with Crippen LogP contribution in [0.1, 0.15) is 17.3 Å². The second kappa shape index (κ2) is 7.35. The normalized spacial score (nSPS) is 10.3. The lowest BCUT2D eigenvalue weighted by Crippen LogP contribution is -2.12. The van der Waals surface area contributed by atoms with Gasteiger partial charge in [-0.1, -0.05) is 0 Å². The lowest BCUT2D eigenvalue weighted by molar-refractivity contribution is -0.131. The van der Waals surface area contributed by atoms with Crippen LogP contribution in [0.25, 0.3) is 0 Å². The van der Waals surface area contributed by atoms with Gasteiger partial charge >= 0.3 is 12.6 Å². The zero-order valence-electron chi connectivity index (χ0n) is 12.1. The summed E-state index contributed by atoms with van der Waals surface area (Å²) in [5, 5.41) is 2.61. The average molecular weight is 321 g/mol. The molecule has 0 aliphatic rings. The molecule has 2 aromatic carbocycles. The first-order chi connectivity index (χ1) is 10.9. The zero-order valence-corrected chi connectivity index (χ0v) is 12.1. The van der Waals surface area contributed by atoms with Crippen molar-refractivity contribution in [1.29, 1.82) is 0 Å². The number of carbonyl (C=O) groups is 2. The van der Waals surface area contributed by atoms with Gasteiger partial charge in [0.2, 0.25) is 0 Å².